The van der Waals surface area contributed by atoms with Gasteiger partial charge in [0.05, 0.1) is 7.11 Å². The molecule has 3 aromatic rings. The predicted molar refractivity (Wildman–Crippen MR) is 80.7 cm³/mol. The fraction of sp³-hybridized carbons (Fsp3) is 0.111. The minimum Gasteiger partial charge on any atom is -0.496 e. The molecule has 0 heterocycles. The minimum absolute atomic E-state index is 0.923. The number of fused-ring (bicyclic) bond motifs is 1. The summed E-state index contributed by atoms with van der Waals surface area (Å²) in [6.07, 6.45) is 0. The van der Waals surface area contributed by atoms with Gasteiger partial charge in [0.2, 0.25) is 0 Å². The molecular formula is C18H16O. The van der Waals surface area contributed by atoms with E-state index in [1.807, 2.05) is 12.1 Å². The number of rotatable bonds is 2. The molecule has 0 saturated heterocycles. The maximum atomic E-state index is 5.44. The second kappa shape index (κ2) is 4.77. The van der Waals surface area contributed by atoms with E-state index in [1.54, 1.807) is 7.11 Å². The Morgan fingerprint density at radius 3 is 2.32 bits per heavy atom. The first-order chi connectivity index (χ1) is 9.29. The summed E-state index contributed by atoms with van der Waals surface area (Å²) in [5.74, 6) is 0.923. The van der Waals surface area contributed by atoms with Gasteiger partial charge in [-0.05, 0) is 29.5 Å². The Hall–Kier alpha value is -2.28. The van der Waals surface area contributed by atoms with Crippen LogP contribution in [0, 0.1) is 6.92 Å². The maximum Gasteiger partial charge on any atom is 0.126 e. The predicted octanol–water partition coefficient (Wildman–Crippen LogP) is 4.82. The highest BCUT2D eigenvalue weighted by molar-refractivity contribution is 5.99. The van der Waals surface area contributed by atoms with E-state index in [2.05, 4.69) is 55.5 Å². The highest BCUT2D eigenvalue weighted by Crippen LogP contribution is 2.33. The van der Waals surface area contributed by atoms with E-state index in [9.17, 15) is 0 Å². The van der Waals surface area contributed by atoms with Crippen LogP contribution in [0.5, 0.6) is 5.75 Å². The summed E-state index contributed by atoms with van der Waals surface area (Å²) in [7, 11) is 1.72. The minimum atomic E-state index is 0.923. The van der Waals surface area contributed by atoms with Crippen LogP contribution < -0.4 is 4.74 Å². The van der Waals surface area contributed by atoms with Gasteiger partial charge in [-0.3, -0.25) is 0 Å². The molecule has 0 saturated carbocycles. The Kier molecular flexibility index (Phi) is 2.96. The van der Waals surface area contributed by atoms with Gasteiger partial charge >= 0.3 is 0 Å². The molecule has 3 aromatic carbocycles. The smallest absolute Gasteiger partial charge is 0.126 e. The molecule has 0 aliphatic carbocycles. The van der Waals surface area contributed by atoms with Crippen LogP contribution in [0.1, 0.15) is 5.56 Å². The molecule has 0 fully saturated rings. The van der Waals surface area contributed by atoms with Gasteiger partial charge in [0.25, 0.3) is 0 Å². The highest BCUT2D eigenvalue weighted by atomic mass is 16.5. The molecule has 0 aliphatic heterocycles. The van der Waals surface area contributed by atoms with Crippen molar-refractivity contribution in [1.82, 2.24) is 0 Å². The molecule has 19 heavy (non-hydrogen) atoms. The largest absolute Gasteiger partial charge is 0.496 e. The summed E-state index contributed by atoms with van der Waals surface area (Å²) in [6, 6.07) is 21.1. The first-order valence-corrected chi connectivity index (χ1v) is 6.42. The van der Waals surface area contributed by atoms with Crippen molar-refractivity contribution in [2.75, 3.05) is 7.11 Å². The van der Waals surface area contributed by atoms with Crippen molar-refractivity contribution in [3.63, 3.8) is 0 Å². The first-order valence-electron chi connectivity index (χ1n) is 6.42. The number of aryl methyl sites for hydroxylation is 1. The summed E-state index contributed by atoms with van der Waals surface area (Å²) in [5, 5.41) is 2.39. The lowest BCUT2D eigenvalue weighted by Crippen LogP contribution is -1.87. The van der Waals surface area contributed by atoms with Gasteiger partial charge in [-0.15, -0.1) is 0 Å². The van der Waals surface area contributed by atoms with Crippen molar-refractivity contribution >= 4 is 10.8 Å². The van der Waals surface area contributed by atoms with Crippen LogP contribution >= 0.6 is 0 Å². The number of hydrogen-bond acceptors (Lipinski definition) is 1. The molecule has 0 radical (unpaired) electrons. The van der Waals surface area contributed by atoms with Crippen LogP contribution in [-0.2, 0) is 0 Å². The third kappa shape index (κ3) is 2.08. The van der Waals surface area contributed by atoms with E-state index < -0.39 is 0 Å². The molecule has 0 N–H and O–H groups in total. The van der Waals surface area contributed by atoms with Gasteiger partial charge in [-0.1, -0.05) is 60.2 Å². The van der Waals surface area contributed by atoms with E-state index in [4.69, 9.17) is 4.74 Å². The third-order valence-corrected chi connectivity index (χ3v) is 3.43. The Balaban J connectivity index is 2.30. The lowest BCUT2D eigenvalue weighted by Gasteiger charge is -2.10. The van der Waals surface area contributed by atoms with Crippen molar-refractivity contribution in [3.05, 3.63) is 66.2 Å². The summed E-state index contributed by atoms with van der Waals surface area (Å²) in [4.78, 5) is 0. The molecule has 1 nitrogen and oxygen atoms in total. The molecule has 0 unspecified atom stereocenters. The van der Waals surface area contributed by atoms with Crippen molar-refractivity contribution < 1.29 is 4.74 Å². The standard InChI is InChI=1S/C18H16O/c1-13-6-3-7-14(12-13)15-8-4-10-17-16(15)9-5-11-18(17)19-2/h3-12H,1-2H3. The Labute approximate surface area is 113 Å². The van der Waals surface area contributed by atoms with Crippen LogP contribution in [0.4, 0.5) is 0 Å². The molecule has 3 rings (SSSR count). The third-order valence-electron chi connectivity index (χ3n) is 3.43. The van der Waals surface area contributed by atoms with E-state index >= 15 is 0 Å². The molecule has 0 bridgehead atoms. The van der Waals surface area contributed by atoms with Gasteiger partial charge in [-0.2, -0.15) is 0 Å². The second-order valence-corrected chi connectivity index (χ2v) is 4.73. The summed E-state index contributed by atoms with van der Waals surface area (Å²) < 4.78 is 5.44. The fourth-order valence-electron chi connectivity index (χ4n) is 2.52. The summed E-state index contributed by atoms with van der Waals surface area (Å²) >= 11 is 0. The van der Waals surface area contributed by atoms with Gasteiger partial charge in [0.15, 0.2) is 0 Å². The normalized spacial score (nSPS) is 10.6. The fourth-order valence-corrected chi connectivity index (χ4v) is 2.52. The maximum absolute atomic E-state index is 5.44. The molecule has 0 amide bonds. The lowest BCUT2D eigenvalue weighted by atomic mass is 9.97. The number of methoxy groups -OCH3 is 1. The molecule has 0 atom stereocenters. The van der Waals surface area contributed by atoms with Crippen LogP contribution in [0.15, 0.2) is 60.7 Å². The van der Waals surface area contributed by atoms with Gasteiger partial charge in [-0.25, -0.2) is 0 Å². The van der Waals surface area contributed by atoms with E-state index in [-0.39, 0.29) is 0 Å². The monoisotopic (exact) mass is 248 g/mol. The Morgan fingerprint density at radius 1 is 0.789 bits per heavy atom. The molecule has 0 spiro atoms. The van der Waals surface area contributed by atoms with Crippen molar-refractivity contribution in [3.8, 4) is 16.9 Å². The van der Waals surface area contributed by atoms with Gasteiger partial charge in [0.1, 0.15) is 5.75 Å². The zero-order valence-corrected chi connectivity index (χ0v) is 11.2. The number of ether oxygens (including phenoxy) is 1. The molecular weight excluding hydrogens is 232 g/mol. The van der Waals surface area contributed by atoms with Crippen LogP contribution in [0.2, 0.25) is 0 Å². The molecule has 94 valence electrons. The van der Waals surface area contributed by atoms with Crippen molar-refractivity contribution in [2.24, 2.45) is 0 Å². The average molecular weight is 248 g/mol. The van der Waals surface area contributed by atoms with Crippen molar-refractivity contribution in [2.45, 2.75) is 6.92 Å². The second-order valence-electron chi connectivity index (χ2n) is 4.73. The topological polar surface area (TPSA) is 9.23 Å². The first kappa shape index (κ1) is 11.8. The average Bonchev–Trinajstić information content (AvgIpc) is 2.46. The number of benzene rings is 3. The highest BCUT2D eigenvalue weighted by Gasteiger charge is 2.06. The van der Waals surface area contributed by atoms with E-state index in [0.717, 1.165) is 11.1 Å². The molecule has 1 heteroatoms. The van der Waals surface area contributed by atoms with Gasteiger partial charge < -0.3 is 4.74 Å². The molecule has 0 aliphatic rings. The Morgan fingerprint density at radius 2 is 1.53 bits per heavy atom. The zero-order chi connectivity index (χ0) is 13.2. The summed E-state index contributed by atoms with van der Waals surface area (Å²) in [6.45, 7) is 2.12. The molecule has 0 aromatic heterocycles. The Bertz CT molecular complexity index is 729. The SMILES string of the molecule is COc1cccc2c(-c3cccc(C)c3)cccc12. The number of hydrogen-bond donors (Lipinski definition) is 0. The van der Waals surface area contributed by atoms with Crippen LogP contribution in [-0.4, -0.2) is 7.11 Å². The van der Waals surface area contributed by atoms with E-state index in [1.165, 1.54) is 22.1 Å². The lowest BCUT2D eigenvalue weighted by molar-refractivity contribution is 0.420. The zero-order valence-electron chi connectivity index (χ0n) is 11.2. The quantitative estimate of drug-likeness (QED) is 0.631. The van der Waals surface area contributed by atoms with E-state index in [0.29, 0.717) is 0 Å². The van der Waals surface area contributed by atoms with Crippen LogP contribution in [0.25, 0.3) is 21.9 Å². The van der Waals surface area contributed by atoms with Crippen molar-refractivity contribution in [1.29, 1.82) is 0 Å². The summed E-state index contributed by atoms with van der Waals surface area (Å²) in [5.41, 5.74) is 3.77. The van der Waals surface area contributed by atoms with Crippen LogP contribution in [0.3, 0.4) is 0 Å². The van der Waals surface area contributed by atoms with Gasteiger partial charge in [0, 0.05) is 5.39 Å².